The average Bonchev–Trinajstić information content (AvgIpc) is 2.78. The van der Waals surface area contributed by atoms with Crippen LogP contribution in [0.1, 0.15) is 15.2 Å². The molecule has 0 aromatic carbocycles. The number of Topliss-reactive ketones (excluding diaryl/α,β-unsaturated/α-hetero) is 1. The third kappa shape index (κ3) is 2.78. The highest BCUT2D eigenvalue weighted by molar-refractivity contribution is 9.13. The quantitative estimate of drug-likeness (QED) is 0.716. The summed E-state index contributed by atoms with van der Waals surface area (Å²) in [5.74, 6) is 0.171. The summed E-state index contributed by atoms with van der Waals surface area (Å²) in [5, 5.41) is 4.00. The van der Waals surface area contributed by atoms with E-state index in [2.05, 4.69) is 31.9 Å². The Balaban J connectivity index is 2.15. The minimum atomic E-state index is 0.171. The van der Waals surface area contributed by atoms with Gasteiger partial charge in [0.1, 0.15) is 0 Å². The second-order valence-corrected chi connectivity index (χ2v) is 6.97. The maximum atomic E-state index is 11.9. The fraction of sp³-hybridized carbons (Fsp3) is 0.100. The van der Waals surface area contributed by atoms with Gasteiger partial charge in [-0.15, -0.1) is 11.3 Å². The molecule has 2 heterocycles. The SMILES string of the molecule is O=C(Cc1ccsc1)c1cc(Br)c(Br)s1. The Kier molecular flexibility index (Phi) is 3.77. The molecular formula is C10H6Br2OS2. The predicted molar refractivity (Wildman–Crippen MR) is 72.1 cm³/mol. The van der Waals surface area contributed by atoms with Crippen molar-refractivity contribution in [2.75, 3.05) is 0 Å². The van der Waals surface area contributed by atoms with Crippen LogP contribution in [-0.2, 0) is 6.42 Å². The molecule has 0 bridgehead atoms. The van der Waals surface area contributed by atoms with E-state index in [0.29, 0.717) is 6.42 Å². The van der Waals surface area contributed by atoms with Crippen LogP contribution in [0.5, 0.6) is 0 Å². The fourth-order valence-corrected chi connectivity index (χ4v) is 3.79. The van der Waals surface area contributed by atoms with Crippen LogP contribution in [0.2, 0.25) is 0 Å². The number of thiophene rings is 2. The molecule has 0 spiro atoms. The number of hydrogen-bond donors (Lipinski definition) is 0. The summed E-state index contributed by atoms with van der Waals surface area (Å²) in [6, 6.07) is 3.85. The molecule has 2 aromatic heterocycles. The fourth-order valence-electron chi connectivity index (χ4n) is 1.15. The standard InChI is InChI=1S/C10H6Br2OS2/c11-7-4-9(15-10(7)12)8(13)3-6-1-2-14-5-6/h1-2,4-5H,3H2. The van der Waals surface area contributed by atoms with Crippen molar-refractivity contribution in [3.05, 3.63) is 41.6 Å². The summed E-state index contributed by atoms with van der Waals surface area (Å²) in [4.78, 5) is 12.6. The first-order valence-electron chi connectivity index (χ1n) is 4.16. The minimum absolute atomic E-state index is 0.171. The topological polar surface area (TPSA) is 17.1 Å². The Morgan fingerprint density at radius 1 is 1.40 bits per heavy atom. The molecule has 0 unspecified atom stereocenters. The van der Waals surface area contributed by atoms with Gasteiger partial charge in [0.2, 0.25) is 0 Å². The Labute approximate surface area is 112 Å². The van der Waals surface area contributed by atoms with Gasteiger partial charge in [-0.1, -0.05) is 0 Å². The zero-order valence-electron chi connectivity index (χ0n) is 7.50. The van der Waals surface area contributed by atoms with Crippen molar-refractivity contribution in [3.8, 4) is 0 Å². The summed E-state index contributed by atoms with van der Waals surface area (Å²) < 4.78 is 1.91. The van der Waals surface area contributed by atoms with Gasteiger partial charge in [0.15, 0.2) is 5.78 Å². The van der Waals surface area contributed by atoms with E-state index in [1.807, 2.05) is 22.9 Å². The Morgan fingerprint density at radius 3 is 2.73 bits per heavy atom. The molecule has 0 aliphatic rings. The Hall–Kier alpha value is 0.0300. The third-order valence-electron chi connectivity index (χ3n) is 1.86. The Morgan fingerprint density at radius 2 is 2.20 bits per heavy atom. The summed E-state index contributed by atoms with van der Waals surface area (Å²) in [5.41, 5.74) is 1.09. The van der Waals surface area contributed by atoms with E-state index >= 15 is 0 Å². The number of halogens is 2. The molecule has 15 heavy (non-hydrogen) atoms. The van der Waals surface area contributed by atoms with Crippen LogP contribution < -0.4 is 0 Å². The molecule has 0 saturated carbocycles. The van der Waals surface area contributed by atoms with Gasteiger partial charge in [-0.05, 0) is 60.3 Å². The van der Waals surface area contributed by atoms with Gasteiger partial charge in [-0.3, -0.25) is 4.79 Å². The van der Waals surface area contributed by atoms with E-state index in [1.54, 1.807) is 11.3 Å². The van der Waals surface area contributed by atoms with Gasteiger partial charge in [0, 0.05) is 10.9 Å². The first-order valence-corrected chi connectivity index (χ1v) is 7.50. The monoisotopic (exact) mass is 364 g/mol. The highest BCUT2D eigenvalue weighted by Gasteiger charge is 2.12. The molecule has 0 fully saturated rings. The number of hydrogen-bond acceptors (Lipinski definition) is 3. The average molecular weight is 366 g/mol. The lowest BCUT2D eigenvalue weighted by atomic mass is 10.1. The molecule has 0 aliphatic heterocycles. The van der Waals surface area contributed by atoms with Gasteiger partial charge in [0.25, 0.3) is 0 Å². The molecule has 1 nitrogen and oxygen atoms in total. The van der Waals surface area contributed by atoms with Gasteiger partial charge in [-0.2, -0.15) is 11.3 Å². The summed E-state index contributed by atoms with van der Waals surface area (Å²) in [6.45, 7) is 0. The van der Waals surface area contributed by atoms with E-state index in [9.17, 15) is 4.79 Å². The van der Waals surface area contributed by atoms with Crippen LogP contribution in [0.15, 0.2) is 31.2 Å². The normalized spacial score (nSPS) is 10.5. The van der Waals surface area contributed by atoms with Crippen LogP contribution in [0, 0.1) is 0 Å². The maximum Gasteiger partial charge on any atom is 0.177 e. The second-order valence-electron chi connectivity index (χ2n) is 2.96. The number of rotatable bonds is 3. The second kappa shape index (κ2) is 4.91. The molecule has 78 valence electrons. The van der Waals surface area contributed by atoms with Crippen LogP contribution in [-0.4, -0.2) is 5.78 Å². The number of carbonyl (C=O) groups excluding carboxylic acids is 1. The van der Waals surface area contributed by atoms with Crippen molar-refractivity contribution >= 4 is 60.3 Å². The minimum Gasteiger partial charge on any atom is -0.293 e. The maximum absolute atomic E-state index is 11.9. The lowest BCUT2D eigenvalue weighted by Crippen LogP contribution is -1.99. The highest BCUT2D eigenvalue weighted by atomic mass is 79.9. The van der Waals surface area contributed by atoms with Gasteiger partial charge < -0.3 is 0 Å². The van der Waals surface area contributed by atoms with E-state index in [4.69, 9.17) is 0 Å². The van der Waals surface area contributed by atoms with Crippen LogP contribution >= 0.6 is 54.5 Å². The lowest BCUT2D eigenvalue weighted by molar-refractivity contribution is 0.0997. The molecular weight excluding hydrogens is 360 g/mol. The van der Waals surface area contributed by atoms with Gasteiger partial charge in [0.05, 0.1) is 8.66 Å². The molecule has 0 aliphatic carbocycles. The predicted octanol–water partition coefficient (Wildman–Crippen LogP) is 4.76. The molecule has 0 radical (unpaired) electrons. The van der Waals surface area contributed by atoms with Crippen molar-refractivity contribution in [1.82, 2.24) is 0 Å². The molecule has 0 amide bonds. The summed E-state index contributed by atoms with van der Waals surface area (Å²) >= 11 is 9.85. The third-order valence-corrected chi connectivity index (χ3v) is 5.89. The van der Waals surface area contributed by atoms with Crippen molar-refractivity contribution < 1.29 is 4.79 Å². The van der Waals surface area contributed by atoms with E-state index in [-0.39, 0.29) is 5.78 Å². The van der Waals surface area contributed by atoms with Crippen LogP contribution in [0.3, 0.4) is 0 Å². The van der Waals surface area contributed by atoms with Crippen molar-refractivity contribution in [2.24, 2.45) is 0 Å². The zero-order chi connectivity index (χ0) is 10.8. The first kappa shape index (κ1) is 11.5. The van der Waals surface area contributed by atoms with Gasteiger partial charge >= 0.3 is 0 Å². The summed E-state index contributed by atoms with van der Waals surface area (Å²) in [6.07, 6.45) is 0.489. The smallest absolute Gasteiger partial charge is 0.177 e. The van der Waals surface area contributed by atoms with Crippen molar-refractivity contribution in [1.29, 1.82) is 0 Å². The number of ketones is 1. The molecule has 5 heteroatoms. The van der Waals surface area contributed by atoms with E-state index < -0.39 is 0 Å². The van der Waals surface area contributed by atoms with Crippen LogP contribution in [0.25, 0.3) is 0 Å². The molecule has 2 rings (SSSR count). The molecule has 0 atom stereocenters. The number of carbonyl (C=O) groups is 1. The van der Waals surface area contributed by atoms with Crippen molar-refractivity contribution in [3.63, 3.8) is 0 Å². The van der Waals surface area contributed by atoms with Crippen molar-refractivity contribution in [2.45, 2.75) is 6.42 Å². The highest BCUT2D eigenvalue weighted by Crippen LogP contribution is 2.33. The van der Waals surface area contributed by atoms with E-state index in [0.717, 1.165) is 18.7 Å². The molecule has 2 aromatic rings. The summed E-state index contributed by atoms with van der Waals surface area (Å²) in [7, 11) is 0. The van der Waals surface area contributed by atoms with Crippen LogP contribution in [0.4, 0.5) is 0 Å². The Bertz CT molecular complexity index is 454. The van der Waals surface area contributed by atoms with E-state index in [1.165, 1.54) is 11.3 Å². The largest absolute Gasteiger partial charge is 0.293 e. The lowest BCUT2D eigenvalue weighted by Gasteiger charge is -1.93. The molecule has 0 saturated heterocycles. The molecule has 0 N–H and O–H groups in total. The first-order chi connectivity index (χ1) is 7.16. The zero-order valence-corrected chi connectivity index (χ0v) is 12.3. The van der Waals surface area contributed by atoms with Gasteiger partial charge in [-0.25, -0.2) is 0 Å².